The SMILES string of the molecule is O=C(C(F)F)C1CC2C=CC1C2. The summed E-state index contributed by atoms with van der Waals surface area (Å²) < 4.78 is 24.1. The third kappa shape index (κ3) is 1.08. The highest BCUT2D eigenvalue weighted by Crippen LogP contribution is 2.44. The average Bonchev–Trinajstić information content (AvgIpc) is 2.62. The van der Waals surface area contributed by atoms with Gasteiger partial charge in [0.2, 0.25) is 5.78 Å². The van der Waals surface area contributed by atoms with E-state index < -0.39 is 12.2 Å². The molecular formula is C9H10F2O. The van der Waals surface area contributed by atoms with Crippen molar-refractivity contribution in [1.29, 1.82) is 0 Å². The van der Waals surface area contributed by atoms with Crippen LogP contribution in [0.3, 0.4) is 0 Å². The van der Waals surface area contributed by atoms with Crippen molar-refractivity contribution in [2.75, 3.05) is 0 Å². The molecule has 0 radical (unpaired) electrons. The zero-order valence-electron chi connectivity index (χ0n) is 6.54. The second-order valence-corrected chi connectivity index (χ2v) is 3.59. The van der Waals surface area contributed by atoms with Crippen molar-refractivity contribution >= 4 is 5.78 Å². The lowest BCUT2D eigenvalue weighted by Crippen LogP contribution is -2.24. The normalized spacial score (nSPS) is 38.1. The van der Waals surface area contributed by atoms with Crippen LogP contribution in [0.4, 0.5) is 8.78 Å². The van der Waals surface area contributed by atoms with Crippen LogP contribution in [-0.4, -0.2) is 12.2 Å². The standard InChI is InChI=1S/C9H10F2O/c10-9(11)8(12)7-4-5-1-2-6(7)3-5/h1-2,5-7,9H,3-4H2. The van der Waals surface area contributed by atoms with Gasteiger partial charge in [0.05, 0.1) is 0 Å². The molecule has 2 aliphatic rings. The van der Waals surface area contributed by atoms with Crippen LogP contribution in [0.1, 0.15) is 12.8 Å². The van der Waals surface area contributed by atoms with Gasteiger partial charge in [0.15, 0.2) is 0 Å². The molecule has 2 bridgehead atoms. The van der Waals surface area contributed by atoms with E-state index in [1.54, 1.807) is 0 Å². The van der Waals surface area contributed by atoms with E-state index in [1.807, 2.05) is 12.2 Å². The molecule has 3 unspecified atom stereocenters. The van der Waals surface area contributed by atoms with E-state index >= 15 is 0 Å². The Bertz CT molecular complexity index is 235. The van der Waals surface area contributed by atoms with Gasteiger partial charge in [-0.25, -0.2) is 8.78 Å². The van der Waals surface area contributed by atoms with Gasteiger partial charge in [0.25, 0.3) is 6.43 Å². The van der Waals surface area contributed by atoms with Crippen LogP contribution >= 0.6 is 0 Å². The Morgan fingerprint density at radius 1 is 1.33 bits per heavy atom. The van der Waals surface area contributed by atoms with E-state index in [-0.39, 0.29) is 11.8 Å². The molecule has 0 spiro atoms. The van der Waals surface area contributed by atoms with Crippen molar-refractivity contribution in [1.82, 2.24) is 0 Å². The smallest absolute Gasteiger partial charge is 0.293 e. The minimum atomic E-state index is -2.78. The predicted molar refractivity (Wildman–Crippen MR) is 39.9 cm³/mol. The Morgan fingerprint density at radius 3 is 2.50 bits per heavy atom. The maximum absolute atomic E-state index is 12.0. The lowest BCUT2D eigenvalue weighted by Gasteiger charge is -2.15. The molecule has 0 aromatic heterocycles. The van der Waals surface area contributed by atoms with Crippen molar-refractivity contribution in [3.63, 3.8) is 0 Å². The monoisotopic (exact) mass is 172 g/mol. The molecule has 1 fully saturated rings. The number of hydrogen-bond acceptors (Lipinski definition) is 1. The van der Waals surface area contributed by atoms with Crippen molar-refractivity contribution in [2.45, 2.75) is 19.3 Å². The van der Waals surface area contributed by atoms with Crippen LogP contribution in [0.25, 0.3) is 0 Å². The highest BCUT2D eigenvalue weighted by atomic mass is 19.3. The van der Waals surface area contributed by atoms with Gasteiger partial charge in [-0.15, -0.1) is 0 Å². The summed E-state index contributed by atoms with van der Waals surface area (Å²) in [5, 5.41) is 0. The Labute approximate surface area is 69.5 Å². The van der Waals surface area contributed by atoms with Crippen LogP contribution < -0.4 is 0 Å². The van der Waals surface area contributed by atoms with E-state index in [1.165, 1.54) is 0 Å². The molecule has 0 amide bonds. The van der Waals surface area contributed by atoms with Gasteiger partial charge in [-0.3, -0.25) is 4.79 Å². The molecule has 3 heteroatoms. The van der Waals surface area contributed by atoms with E-state index in [0.29, 0.717) is 12.3 Å². The summed E-state index contributed by atoms with van der Waals surface area (Å²) in [6.07, 6.45) is 2.73. The Hall–Kier alpha value is -0.730. The molecule has 66 valence electrons. The summed E-state index contributed by atoms with van der Waals surface area (Å²) in [7, 11) is 0. The minimum Gasteiger partial charge on any atom is -0.293 e. The van der Waals surface area contributed by atoms with E-state index in [0.717, 1.165) is 6.42 Å². The fraction of sp³-hybridized carbons (Fsp3) is 0.667. The summed E-state index contributed by atoms with van der Waals surface area (Å²) in [5.41, 5.74) is 0. The number of fused-ring (bicyclic) bond motifs is 2. The molecule has 0 aromatic rings. The van der Waals surface area contributed by atoms with Gasteiger partial charge in [-0.1, -0.05) is 12.2 Å². The second-order valence-electron chi connectivity index (χ2n) is 3.59. The number of carbonyl (C=O) groups excluding carboxylic acids is 1. The first-order valence-corrected chi connectivity index (χ1v) is 4.18. The number of alkyl halides is 2. The summed E-state index contributed by atoms with van der Waals surface area (Å²) >= 11 is 0. The predicted octanol–water partition coefficient (Wildman–Crippen LogP) is 2.03. The summed E-state index contributed by atoms with van der Waals surface area (Å²) in [6.45, 7) is 0. The second kappa shape index (κ2) is 2.64. The summed E-state index contributed by atoms with van der Waals surface area (Å²) in [6, 6.07) is 0. The van der Waals surface area contributed by atoms with Crippen LogP contribution in [0.15, 0.2) is 12.2 Å². The molecule has 0 heterocycles. The van der Waals surface area contributed by atoms with Gasteiger partial charge in [-0.05, 0) is 24.7 Å². The lowest BCUT2D eigenvalue weighted by atomic mass is 9.90. The van der Waals surface area contributed by atoms with Crippen LogP contribution in [-0.2, 0) is 4.79 Å². The van der Waals surface area contributed by atoms with E-state index in [4.69, 9.17) is 0 Å². The van der Waals surface area contributed by atoms with Crippen molar-refractivity contribution < 1.29 is 13.6 Å². The van der Waals surface area contributed by atoms with Gasteiger partial charge < -0.3 is 0 Å². The molecule has 12 heavy (non-hydrogen) atoms. The number of allylic oxidation sites excluding steroid dienone is 2. The largest absolute Gasteiger partial charge is 0.296 e. The summed E-state index contributed by atoms with van der Waals surface area (Å²) in [4.78, 5) is 11.0. The molecule has 2 aliphatic carbocycles. The number of Topliss-reactive ketones (excluding diaryl/α,β-unsaturated/α-hetero) is 1. The molecule has 1 nitrogen and oxygen atoms in total. The van der Waals surface area contributed by atoms with Crippen LogP contribution in [0.2, 0.25) is 0 Å². The average molecular weight is 172 g/mol. The zero-order valence-corrected chi connectivity index (χ0v) is 6.54. The Balaban J connectivity index is 2.08. The van der Waals surface area contributed by atoms with Crippen molar-refractivity contribution in [2.24, 2.45) is 17.8 Å². The molecule has 0 N–H and O–H groups in total. The van der Waals surface area contributed by atoms with Gasteiger partial charge in [0, 0.05) is 5.92 Å². The third-order valence-electron chi connectivity index (χ3n) is 2.86. The van der Waals surface area contributed by atoms with Gasteiger partial charge >= 0.3 is 0 Å². The molecular weight excluding hydrogens is 162 g/mol. The number of rotatable bonds is 2. The first-order valence-electron chi connectivity index (χ1n) is 4.18. The quantitative estimate of drug-likeness (QED) is 0.582. The van der Waals surface area contributed by atoms with Crippen molar-refractivity contribution in [3.8, 4) is 0 Å². The third-order valence-corrected chi connectivity index (χ3v) is 2.86. The number of hydrogen-bond donors (Lipinski definition) is 0. The number of carbonyl (C=O) groups is 1. The summed E-state index contributed by atoms with van der Waals surface area (Å²) in [5.74, 6) is -0.744. The maximum Gasteiger partial charge on any atom is 0.296 e. The molecule has 0 aliphatic heterocycles. The molecule has 0 saturated heterocycles. The van der Waals surface area contributed by atoms with Crippen LogP contribution in [0.5, 0.6) is 0 Å². The van der Waals surface area contributed by atoms with Crippen molar-refractivity contribution in [3.05, 3.63) is 12.2 Å². The first kappa shape index (κ1) is 7.90. The molecule has 0 aromatic carbocycles. The Morgan fingerprint density at radius 2 is 2.08 bits per heavy atom. The number of ketones is 1. The minimum absolute atomic E-state index is 0.108. The highest BCUT2D eigenvalue weighted by molar-refractivity contribution is 5.85. The lowest BCUT2D eigenvalue weighted by molar-refractivity contribution is -0.134. The highest BCUT2D eigenvalue weighted by Gasteiger charge is 2.42. The molecule has 1 saturated carbocycles. The zero-order chi connectivity index (χ0) is 8.72. The fourth-order valence-electron chi connectivity index (χ4n) is 2.27. The molecule has 2 rings (SSSR count). The topological polar surface area (TPSA) is 17.1 Å². The molecule has 3 atom stereocenters. The van der Waals surface area contributed by atoms with Gasteiger partial charge in [-0.2, -0.15) is 0 Å². The van der Waals surface area contributed by atoms with E-state index in [9.17, 15) is 13.6 Å². The first-order chi connectivity index (χ1) is 5.68. The maximum atomic E-state index is 12.0. The van der Waals surface area contributed by atoms with E-state index in [2.05, 4.69) is 0 Å². The fourth-order valence-corrected chi connectivity index (χ4v) is 2.27. The van der Waals surface area contributed by atoms with Gasteiger partial charge in [0.1, 0.15) is 0 Å². The number of halogens is 2. The Kier molecular flexibility index (Phi) is 1.74. The van der Waals surface area contributed by atoms with Crippen LogP contribution in [0, 0.1) is 17.8 Å².